The van der Waals surface area contributed by atoms with Crippen molar-refractivity contribution in [2.24, 2.45) is 10.9 Å². The van der Waals surface area contributed by atoms with Crippen LogP contribution in [0.1, 0.15) is 33.6 Å². The van der Waals surface area contributed by atoms with Gasteiger partial charge in [0.15, 0.2) is 5.96 Å². The van der Waals surface area contributed by atoms with E-state index in [1.165, 1.54) is 0 Å². The average molecular weight is 420 g/mol. The van der Waals surface area contributed by atoms with Crippen molar-refractivity contribution < 1.29 is 8.42 Å². The lowest BCUT2D eigenvalue weighted by molar-refractivity contribution is 0.187. The van der Waals surface area contributed by atoms with Gasteiger partial charge in [-0.15, -0.1) is 0 Å². The Morgan fingerprint density at radius 1 is 1.19 bits per heavy atom. The number of hydrogen-bond acceptors (Lipinski definition) is 5. The summed E-state index contributed by atoms with van der Waals surface area (Å²) in [6, 6.07) is 0.405. The molecule has 2 saturated heterocycles. The summed E-state index contributed by atoms with van der Waals surface area (Å²) in [5, 5.41) is 6.75. The topological polar surface area (TPSA) is 77.0 Å². The van der Waals surface area contributed by atoms with Gasteiger partial charge in [-0.3, -0.25) is 4.99 Å². The summed E-state index contributed by atoms with van der Waals surface area (Å²) >= 11 is 1.82. The van der Waals surface area contributed by atoms with Gasteiger partial charge in [-0.05, 0) is 25.7 Å². The van der Waals surface area contributed by atoms with Crippen LogP contribution in [0.5, 0.6) is 0 Å². The molecule has 0 aromatic rings. The second-order valence-corrected chi connectivity index (χ2v) is 11.0. The van der Waals surface area contributed by atoms with E-state index in [-0.39, 0.29) is 5.75 Å². The van der Waals surface area contributed by atoms with Crippen molar-refractivity contribution in [3.8, 4) is 0 Å². The lowest BCUT2D eigenvalue weighted by Crippen LogP contribution is -2.49. The minimum Gasteiger partial charge on any atom is -0.357 e. The second kappa shape index (κ2) is 11.5. The molecule has 0 aliphatic carbocycles. The Balaban J connectivity index is 1.80. The summed E-state index contributed by atoms with van der Waals surface area (Å²) in [5.41, 5.74) is 0. The molecule has 0 aromatic carbocycles. The van der Waals surface area contributed by atoms with Crippen LogP contribution < -0.4 is 10.6 Å². The van der Waals surface area contributed by atoms with E-state index in [1.54, 1.807) is 4.31 Å². The van der Waals surface area contributed by atoms with Crippen LogP contribution in [0.2, 0.25) is 0 Å². The normalized spacial score (nSPS) is 21.6. The number of thioether (sulfide) groups is 1. The minimum absolute atomic E-state index is 0.0844. The van der Waals surface area contributed by atoms with E-state index in [4.69, 9.17) is 0 Å². The third-order valence-electron chi connectivity index (χ3n) is 4.88. The summed E-state index contributed by atoms with van der Waals surface area (Å²) in [4.78, 5) is 7.05. The molecule has 0 radical (unpaired) electrons. The van der Waals surface area contributed by atoms with Crippen LogP contribution in [-0.2, 0) is 10.0 Å². The van der Waals surface area contributed by atoms with Crippen molar-refractivity contribution in [1.29, 1.82) is 0 Å². The van der Waals surface area contributed by atoms with Crippen molar-refractivity contribution in [2.45, 2.75) is 39.7 Å². The highest BCUT2D eigenvalue weighted by Crippen LogP contribution is 2.14. The third kappa shape index (κ3) is 8.17. The van der Waals surface area contributed by atoms with E-state index < -0.39 is 10.0 Å². The van der Waals surface area contributed by atoms with Gasteiger partial charge in [0.25, 0.3) is 0 Å². The lowest BCUT2D eigenvalue weighted by Gasteiger charge is -2.34. The molecular weight excluding hydrogens is 382 g/mol. The molecule has 27 heavy (non-hydrogen) atoms. The molecule has 0 spiro atoms. The molecule has 9 heteroatoms. The molecule has 0 amide bonds. The van der Waals surface area contributed by atoms with Crippen molar-refractivity contribution in [1.82, 2.24) is 19.8 Å². The summed E-state index contributed by atoms with van der Waals surface area (Å²) in [6.07, 6.45) is 2.20. The fourth-order valence-electron chi connectivity index (χ4n) is 3.52. The molecular formula is C18H37N5O2S2. The summed E-state index contributed by atoms with van der Waals surface area (Å²) < 4.78 is 26.5. The maximum atomic E-state index is 12.4. The van der Waals surface area contributed by atoms with Crippen LogP contribution in [0, 0.1) is 5.92 Å². The first-order valence-electron chi connectivity index (χ1n) is 10.2. The molecule has 0 unspecified atom stereocenters. The fourth-order valence-corrected chi connectivity index (χ4v) is 5.97. The van der Waals surface area contributed by atoms with Gasteiger partial charge in [0.1, 0.15) is 0 Å². The van der Waals surface area contributed by atoms with E-state index in [0.717, 1.165) is 56.5 Å². The molecule has 158 valence electrons. The van der Waals surface area contributed by atoms with Crippen molar-refractivity contribution in [2.75, 3.05) is 63.1 Å². The Kier molecular flexibility index (Phi) is 9.69. The van der Waals surface area contributed by atoms with Crippen molar-refractivity contribution in [3.05, 3.63) is 0 Å². The van der Waals surface area contributed by atoms with Gasteiger partial charge in [0, 0.05) is 56.8 Å². The van der Waals surface area contributed by atoms with E-state index in [1.807, 2.05) is 18.7 Å². The second-order valence-electron chi connectivity index (χ2n) is 7.70. The lowest BCUT2D eigenvalue weighted by atomic mass is 10.0. The number of piperidine rings is 1. The van der Waals surface area contributed by atoms with Crippen LogP contribution in [0.3, 0.4) is 0 Å². The van der Waals surface area contributed by atoms with E-state index >= 15 is 0 Å². The highest BCUT2D eigenvalue weighted by molar-refractivity contribution is 7.99. The zero-order valence-electron chi connectivity index (χ0n) is 17.1. The standard InChI is InChI=1S/C18H37N5O2S2/c1-4-19-18(21-17-5-8-22(9-6-17)15-16(2)3)20-7-14-27(24,25)23-10-12-26-13-11-23/h16-17H,4-15H2,1-3H3,(H2,19,20,21). The van der Waals surface area contributed by atoms with Gasteiger partial charge < -0.3 is 15.5 Å². The van der Waals surface area contributed by atoms with Gasteiger partial charge in [-0.1, -0.05) is 13.8 Å². The smallest absolute Gasteiger partial charge is 0.215 e. The van der Waals surface area contributed by atoms with Gasteiger partial charge in [0.2, 0.25) is 10.0 Å². The Hall–Kier alpha value is -0.510. The summed E-state index contributed by atoms with van der Waals surface area (Å²) in [6.45, 7) is 12.3. The molecule has 2 aliphatic heterocycles. The number of nitrogens with one attached hydrogen (secondary N) is 2. The highest BCUT2D eigenvalue weighted by atomic mass is 32.2. The van der Waals surface area contributed by atoms with Crippen LogP contribution in [0.25, 0.3) is 0 Å². The molecule has 2 N–H and O–H groups in total. The zero-order valence-corrected chi connectivity index (χ0v) is 18.7. The molecule has 7 nitrogen and oxygen atoms in total. The van der Waals surface area contributed by atoms with Crippen LogP contribution in [-0.4, -0.2) is 92.7 Å². The Bertz CT molecular complexity index is 554. The Morgan fingerprint density at radius 2 is 1.85 bits per heavy atom. The molecule has 2 fully saturated rings. The zero-order chi connectivity index (χ0) is 19.7. The number of sulfonamides is 1. The monoisotopic (exact) mass is 419 g/mol. The highest BCUT2D eigenvalue weighted by Gasteiger charge is 2.24. The van der Waals surface area contributed by atoms with Crippen molar-refractivity contribution in [3.63, 3.8) is 0 Å². The molecule has 0 aromatic heterocycles. The largest absolute Gasteiger partial charge is 0.357 e. The van der Waals surface area contributed by atoms with Crippen molar-refractivity contribution >= 4 is 27.7 Å². The molecule has 0 saturated carbocycles. The van der Waals surface area contributed by atoms with Gasteiger partial charge in [-0.25, -0.2) is 12.7 Å². The SMILES string of the molecule is CCNC(=NCCS(=O)(=O)N1CCSCC1)NC1CCN(CC(C)C)CC1. The maximum absolute atomic E-state index is 12.4. The maximum Gasteiger partial charge on any atom is 0.215 e. The summed E-state index contributed by atoms with van der Waals surface area (Å²) in [5.74, 6) is 3.31. The first-order valence-corrected chi connectivity index (χ1v) is 13.0. The molecule has 0 bridgehead atoms. The molecule has 2 rings (SSSR count). The Morgan fingerprint density at radius 3 is 2.44 bits per heavy atom. The third-order valence-corrected chi connectivity index (χ3v) is 7.67. The number of guanidine groups is 1. The Labute approximate surface area is 169 Å². The number of rotatable bonds is 8. The van der Waals surface area contributed by atoms with Gasteiger partial charge in [0.05, 0.1) is 12.3 Å². The van der Waals surface area contributed by atoms with E-state index in [0.29, 0.717) is 31.6 Å². The molecule has 0 atom stereocenters. The minimum atomic E-state index is -3.20. The first-order chi connectivity index (χ1) is 12.9. The van der Waals surface area contributed by atoms with Gasteiger partial charge in [-0.2, -0.15) is 11.8 Å². The fraction of sp³-hybridized carbons (Fsp3) is 0.944. The number of likely N-dealkylation sites (tertiary alicyclic amines) is 1. The van der Waals surface area contributed by atoms with Crippen LogP contribution in [0.4, 0.5) is 0 Å². The number of nitrogens with zero attached hydrogens (tertiary/aromatic N) is 3. The average Bonchev–Trinajstić information content (AvgIpc) is 2.64. The molecule has 2 aliphatic rings. The number of hydrogen-bond donors (Lipinski definition) is 2. The number of aliphatic imine (C=N–C) groups is 1. The summed E-state index contributed by atoms with van der Waals surface area (Å²) in [7, 11) is -3.20. The molecule has 2 heterocycles. The van der Waals surface area contributed by atoms with E-state index in [9.17, 15) is 8.42 Å². The van der Waals surface area contributed by atoms with Gasteiger partial charge >= 0.3 is 0 Å². The predicted molar refractivity (Wildman–Crippen MR) is 116 cm³/mol. The van der Waals surface area contributed by atoms with E-state index in [2.05, 4.69) is 34.4 Å². The van der Waals surface area contributed by atoms with Crippen LogP contribution in [0.15, 0.2) is 4.99 Å². The quantitative estimate of drug-likeness (QED) is 0.452. The predicted octanol–water partition coefficient (Wildman–Crippen LogP) is 1.04. The van der Waals surface area contributed by atoms with Crippen LogP contribution >= 0.6 is 11.8 Å². The first kappa shape index (κ1) is 22.8.